The van der Waals surface area contributed by atoms with Crippen molar-refractivity contribution < 1.29 is 0 Å². The van der Waals surface area contributed by atoms with Crippen LogP contribution in [0.25, 0.3) is 10.9 Å². The zero-order chi connectivity index (χ0) is 15.6. The van der Waals surface area contributed by atoms with Gasteiger partial charge in [-0.05, 0) is 81.9 Å². The summed E-state index contributed by atoms with van der Waals surface area (Å²) in [5.41, 5.74) is 3.62. The van der Waals surface area contributed by atoms with E-state index in [1.807, 2.05) is 0 Å². The van der Waals surface area contributed by atoms with E-state index in [1.165, 1.54) is 56.3 Å². The molecule has 1 unspecified atom stereocenters. The van der Waals surface area contributed by atoms with Gasteiger partial charge in [-0.1, -0.05) is 12.1 Å². The molecule has 2 saturated heterocycles. The van der Waals surface area contributed by atoms with Gasteiger partial charge in [0.05, 0.1) is 5.52 Å². The molecule has 0 spiro atoms. The van der Waals surface area contributed by atoms with E-state index in [4.69, 9.17) is 0 Å². The number of likely N-dealkylation sites (tertiary alicyclic amines) is 1. The number of aromatic nitrogens is 1. The van der Waals surface area contributed by atoms with Crippen LogP contribution in [0.3, 0.4) is 0 Å². The molecular formula is C20H27N3. The summed E-state index contributed by atoms with van der Waals surface area (Å²) < 4.78 is 0. The maximum absolute atomic E-state index is 4.60. The summed E-state index contributed by atoms with van der Waals surface area (Å²) in [6.45, 7) is 6.85. The van der Waals surface area contributed by atoms with Crippen molar-refractivity contribution in [2.75, 3.05) is 19.6 Å². The van der Waals surface area contributed by atoms with Crippen LogP contribution in [0.4, 0.5) is 0 Å². The molecule has 0 bridgehead atoms. The predicted octanol–water partition coefficient (Wildman–Crippen LogP) is 3.51. The maximum Gasteiger partial charge on any atom is 0.0705 e. The molecule has 0 saturated carbocycles. The van der Waals surface area contributed by atoms with Crippen LogP contribution >= 0.6 is 0 Å². The molecule has 0 amide bonds. The van der Waals surface area contributed by atoms with E-state index >= 15 is 0 Å². The number of hydrogen-bond donors (Lipinski definition) is 1. The van der Waals surface area contributed by atoms with Crippen LogP contribution < -0.4 is 5.32 Å². The third kappa shape index (κ3) is 3.41. The minimum atomic E-state index is 0.798. The number of benzene rings is 1. The number of pyridine rings is 1. The van der Waals surface area contributed by atoms with E-state index in [1.54, 1.807) is 0 Å². The molecule has 1 aromatic heterocycles. The van der Waals surface area contributed by atoms with Crippen molar-refractivity contribution in [3.05, 3.63) is 41.6 Å². The van der Waals surface area contributed by atoms with Gasteiger partial charge in [0.2, 0.25) is 0 Å². The third-order valence-corrected chi connectivity index (χ3v) is 5.60. The van der Waals surface area contributed by atoms with Gasteiger partial charge >= 0.3 is 0 Å². The van der Waals surface area contributed by atoms with Crippen LogP contribution in [0.2, 0.25) is 0 Å². The van der Waals surface area contributed by atoms with Gasteiger partial charge in [0.15, 0.2) is 0 Å². The number of nitrogens with one attached hydrogen (secondary N) is 1. The Bertz CT molecular complexity index is 668. The first-order valence-corrected chi connectivity index (χ1v) is 9.10. The molecule has 2 aromatic rings. The first-order chi connectivity index (χ1) is 11.3. The summed E-state index contributed by atoms with van der Waals surface area (Å²) >= 11 is 0. The number of piperidine rings is 1. The van der Waals surface area contributed by atoms with E-state index in [9.17, 15) is 0 Å². The van der Waals surface area contributed by atoms with E-state index in [0.717, 1.165) is 29.7 Å². The lowest BCUT2D eigenvalue weighted by Crippen LogP contribution is -2.40. The van der Waals surface area contributed by atoms with Crippen molar-refractivity contribution in [1.82, 2.24) is 15.2 Å². The molecule has 2 aliphatic rings. The van der Waals surface area contributed by atoms with Gasteiger partial charge in [-0.3, -0.25) is 9.88 Å². The van der Waals surface area contributed by atoms with Crippen LogP contribution in [0.5, 0.6) is 0 Å². The van der Waals surface area contributed by atoms with Crippen LogP contribution in [0.15, 0.2) is 30.3 Å². The first-order valence-electron chi connectivity index (χ1n) is 9.10. The third-order valence-electron chi connectivity index (χ3n) is 5.60. The molecule has 2 fully saturated rings. The van der Waals surface area contributed by atoms with Crippen molar-refractivity contribution in [2.24, 2.45) is 5.92 Å². The second-order valence-electron chi connectivity index (χ2n) is 7.30. The van der Waals surface area contributed by atoms with Crippen LogP contribution in [0, 0.1) is 12.8 Å². The lowest BCUT2D eigenvalue weighted by Gasteiger charge is -2.35. The van der Waals surface area contributed by atoms with Gasteiger partial charge in [0.1, 0.15) is 0 Å². The number of nitrogens with zero attached hydrogens (tertiary/aromatic N) is 2. The van der Waals surface area contributed by atoms with Crippen LogP contribution in [-0.2, 0) is 6.54 Å². The van der Waals surface area contributed by atoms with E-state index in [-0.39, 0.29) is 0 Å². The molecule has 4 rings (SSSR count). The summed E-state index contributed by atoms with van der Waals surface area (Å²) in [7, 11) is 0. The quantitative estimate of drug-likeness (QED) is 0.940. The Labute approximate surface area is 139 Å². The van der Waals surface area contributed by atoms with E-state index in [0.29, 0.717) is 0 Å². The average molecular weight is 309 g/mol. The maximum atomic E-state index is 4.60. The number of aryl methyl sites for hydroxylation is 1. The number of rotatable bonds is 3. The van der Waals surface area contributed by atoms with Gasteiger partial charge < -0.3 is 5.32 Å². The lowest BCUT2D eigenvalue weighted by molar-refractivity contribution is 0.157. The summed E-state index contributed by atoms with van der Waals surface area (Å²) in [5.74, 6) is 0.900. The normalized spacial score (nSPS) is 23.6. The summed E-state index contributed by atoms with van der Waals surface area (Å²) in [6, 6.07) is 11.8. The van der Waals surface area contributed by atoms with Crippen molar-refractivity contribution >= 4 is 10.9 Å². The van der Waals surface area contributed by atoms with Crippen molar-refractivity contribution in [1.29, 1.82) is 0 Å². The molecule has 3 nitrogen and oxygen atoms in total. The topological polar surface area (TPSA) is 28.2 Å². The Hall–Kier alpha value is -1.45. The highest BCUT2D eigenvalue weighted by atomic mass is 15.1. The molecule has 0 radical (unpaired) electrons. The van der Waals surface area contributed by atoms with E-state index < -0.39 is 0 Å². The molecule has 3 heteroatoms. The Morgan fingerprint density at radius 2 is 2.00 bits per heavy atom. The van der Waals surface area contributed by atoms with Crippen molar-refractivity contribution in [3.8, 4) is 0 Å². The smallest absolute Gasteiger partial charge is 0.0705 e. The highest BCUT2D eigenvalue weighted by Gasteiger charge is 2.28. The zero-order valence-corrected chi connectivity index (χ0v) is 14.1. The fraction of sp³-hybridized carbons (Fsp3) is 0.550. The molecule has 1 atom stereocenters. The monoisotopic (exact) mass is 309 g/mol. The highest BCUT2D eigenvalue weighted by molar-refractivity contribution is 5.79. The summed E-state index contributed by atoms with van der Waals surface area (Å²) in [5, 5.41) is 4.95. The summed E-state index contributed by atoms with van der Waals surface area (Å²) in [6.07, 6.45) is 5.47. The number of hydrogen-bond acceptors (Lipinski definition) is 3. The van der Waals surface area contributed by atoms with Gasteiger partial charge in [-0.25, -0.2) is 0 Å². The predicted molar refractivity (Wildman–Crippen MR) is 95.5 cm³/mol. The Kier molecular flexibility index (Phi) is 4.32. The molecule has 0 aliphatic carbocycles. The van der Waals surface area contributed by atoms with Gasteiger partial charge in [-0.2, -0.15) is 0 Å². The molecule has 3 heterocycles. The lowest BCUT2D eigenvalue weighted by atomic mass is 9.88. The molecule has 122 valence electrons. The highest BCUT2D eigenvalue weighted by Crippen LogP contribution is 2.26. The SMILES string of the molecule is Cc1ccc2cc(CN3CCC(C4CCCN4)CC3)ccc2n1. The van der Waals surface area contributed by atoms with E-state index in [2.05, 4.69) is 52.5 Å². The minimum Gasteiger partial charge on any atom is -0.314 e. The van der Waals surface area contributed by atoms with Crippen molar-refractivity contribution in [2.45, 2.75) is 45.2 Å². The minimum absolute atomic E-state index is 0.798. The molecule has 23 heavy (non-hydrogen) atoms. The van der Waals surface area contributed by atoms with Gasteiger partial charge in [-0.15, -0.1) is 0 Å². The standard InChI is InChI=1S/C20H27N3/c1-15-4-6-18-13-16(5-7-20(18)22-15)14-23-11-8-17(9-12-23)19-3-2-10-21-19/h4-7,13,17,19,21H,2-3,8-12,14H2,1H3. The Balaban J connectivity index is 1.38. The largest absolute Gasteiger partial charge is 0.314 e. The Morgan fingerprint density at radius 1 is 1.13 bits per heavy atom. The first kappa shape index (κ1) is 15.1. The van der Waals surface area contributed by atoms with Crippen LogP contribution in [0.1, 0.15) is 36.9 Å². The second-order valence-corrected chi connectivity index (χ2v) is 7.30. The molecular weight excluding hydrogens is 282 g/mol. The molecule has 1 N–H and O–H groups in total. The molecule has 2 aliphatic heterocycles. The van der Waals surface area contributed by atoms with Crippen LogP contribution in [-0.4, -0.2) is 35.6 Å². The fourth-order valence-electron chi connectivity index (χ4n) is 4.26. The van der Waals surface area contributed by atoms with Gasteiger partial charge in [0, 0.05) is 23.7 Å². The fourth-order valence-corrected chi connectivity index (χ4v) is 4.26. The zero-order valence-electron chi connectivity index (χ0n) is 14.1. The number of fused-ring (bicyclic) bond motifs is 1. The van der Waals surface area contributed by atoms with Gasteiger partial charge in [0.25, 0.3) is 0 Å². The second kappa shape index (κ2) is 6.58. The molecule has 1 aromatic carbocycles. The Morgan fingerprint density at radius 3 is 2.78 bits per heavy atom. The van der Waals surface area contributed by atoms with Crippen molar-refractivity contribution in [3.63, 3.8) is 0 Å². The summed E-state index contributed by atoms with van der Waals surface area (Å²) in [4.78, 5) is 7.22. The average Bonchev–Trinajstić information content (AvgIpc) is 3.10.